The third-order valence-electron chi connectivity index (χ3n) is 4.54. The Morgan fingerprint density at radius 2 is 2.12 bits per heavy atom. The summed E-state index contributed by atoms with van der Waals surface area (Å²) in [7, 11) is 0. The van der Waals surface area contributed by atoms with Gasteiger partial charge in [-0.15, -0.1) is 0 Å². The molecule has 2 fully saturated rings. The summed E-state index contributed by atoms with van der Waals surface area (Å²) in [5, 5.41) is 9.23. The number of piperidine rings is 1. The van der Waals surface area contributed by atoms with Crippen LogP contribution in [0.2, 0.25) is 0 Å². The second kappa shape index (κ2) is 3.57. The number of nitrogens with zero attached hydrogens (tertiary/aromatic N) is 1. The van der Waals surface area contributed by atoms with Crippen LogP contribution >= 0.6 is 0 Å². The predicted octanol–water partition coefficient (Wildman–Crippen LogP) is 1.75. The molecule has 2 heteroatoms. The smallest absolute Gasteiger partial charge is 0.0468 e. The molecular formula is C14H19NO. The maximum atomic E-state index is 9.23. The summed E-state index contributed by atoms with van der Waals surface area (Å²) in [5.41, 5.74) is 1.80. The standard InChI is InChI=1S/C14H19NO/c1-14-10-15(8-12(14)13(14)9-16)7-11-5-3-2-4-6-11/h2-6,12-13,16H,7-10H2,1H3/t12-,13-,14-/m1/s1. The van der Waals surface area contributed by atoms with Gasteiger partial charge in [-0.3, -0.25) is 4.90 Å². The maximum absolute atomic E-state index is 9.23. The number of benzene rings is 1. The molecule has 16 heavy (non-hydrogen) atoms. The van der Waals surface area contributed by atoms with E-state index in [9.17, 15) is 5.11 Å². The average molecular weight is 217 g/mol. The van der Waals surface area contributed by atoms with Gasteiger partial charge in [0.15, 0.2) is 0 Å². The maximum Gasteiger partial charge on any atom is 0.0468 e. The first-order valence-corrected chi connectivity index (χ1v) is 6.11. The number of likely N-dealkylation sites (tertiary alicyclic amines) is 1. The van der Waals surface area contributed by atoms with E-state index in [1.165, 1.54) is 5.56 Å². The Bertz CT molecular complexity index is 378. The van der Waals surface area contributed by atoms with E-state index >= 15 is 0 Å². The summed E-state index contributed by atoms with van der Waals surface area (Å²) in [6.07, 6.45) is 0. The van der Waals surface area contributed by atoms with Gasteiger partial charge < -0.3 is 5.11 Å². The van der Waals surface area contributed by atoms with Gasteiger partial charge in [0.1, 0.15) is 0 Å². The highest BCUT2D eigenvalue weighted by molar-refractivity contribution is 5.18. The third-order valence-corrected chi connectivity index (χ3v) is 4.54. The molecule has 3 atom stereocenters. The third kappa shape index (κ3) is 1.48. The monoisotopic (exact) mass is 217 g/mol. The highest BCUT2D eigenvalue weighted by Gasteiger charge is 2.64. The highest BCUT2D eigenvalue weighted by atomic mass is 16.3. The van der Waals surface area contributed by atoms with E-state index in [-0.39, 0.29) is 0 Å². The Kier molecular flexibility index (Phi) is 2.30. The van der Waals surface area contributed by atoms with Crippen molar-refractivity contribution in [2.75, 3.05) is 19.7 Å². The zero-order valence-electron chi connectivity index (χ0n) is 9.76. The molecule has 0 bridgehead atoms. The van der Waals surface area contributed by atoms with Gasteiger partial charge in [0, 0.05) is 26.2 Å². The molecule has 86 valence electrons. The molecule has 1 aliphatic heterocycles. The first-order chi connectivity index (χ1) is 7.74. The van der Waals surface area contributed by atoms with Crippen molar-refractivity contribution in [3.05, 3.63) is 35.9 Å². The molecule has 0 aromatic heterocycles. The highest BCUT2D eigenvalue weighted by Crippen LogP contribution is 2.62. The minimum atomic E-state index is 0.375. The zero-order chi connectivity index (χ0) is 11.2. The van der Waals surface area contributed by atoms with Gasteiger partial charge in [-0.25, -0.2) is 0 Å². The van der Waals surface area contributed by atoms with E-state index in [1.807, 2.05) is 0 Å². The molecule has 1 saturated heterocycles. The van der Waals surface area contributed by atoms with Crippen molar-refractivity contribution >= 4 is 0 Å². The lowest BCUT2D eigenvalue weighted by Crippen LogP contribution is -2.27. The Labute approximate surface area is 96.9 Å². The van der Waals surface area contributed by atoms with Crippen LogP contribution in [0.3, 0.4) is 0 Å². The number of hydrogen-bond donors (Lipinski definition) is 1. The van der Waals surface area contributed by atoms with Crippen LogP contribution in [0.4, 0.5) is 0 Å². The summed E-state index contributed by atoms with van der Waals surface area (Å²) < 4.78 is 0. The van der Waals surface area contributed by atoms with Gasteiger partial charge in [-0.2, -0.15) is 0 Å². The van der Waals surface area contributed by atoms with Crippen molar-refractivity contribution < 1.29 is 5.11 Å². The minimum absolute atomic E-state index is 0.375. The lowest BCUT2D eigenvalue weighted by atomic mass is 10.1. The summed E-state index contributed by atoms with van der Waals surface area (Å²) in [6.45, 7) is 6.07. The number of fused-ring (bicyclic) bond motifs is 1. The molecule has 0 unspecified atom stereocenters. The molecule has 1 aromatic rings. The fourth-order valence-electron chi connectivity index (χ4n) is 3.46. The molecule has 1 aliphatic carbocycles. The van der Waals surface area contributed by atoms with Gasteiger partial charge >= 0.3 is 0 Å². The molecule has 2 nitrogen and oxygen atoms in total. The lowest BCUT2D eigenvalue weighted by Gasteiger charge is -2.21. The van der Waals surface area contributed by atoms with Crippen LogP contribution in [0.1, 0.15) is 12.5 Å². The number of rotatable bonds is 3. The van der Waals surface area contributed by atoms with Crippen LogP contribution in [0.15, 0.2) is 30.3 Å². The fourth-order valence-corrected chi connectivity index (χ4v) is 3.46. The zero-order valence-corrected chi connectivity index (χ0v) is 9.76. The molecular weight excluding hydrogens is 198 g/mol. The molecule has 0 radical (unpaired) electrons. The molecule has 1 saturated carbocycles. The lowest BCUT2D eigenvalue weighted by molar-refractivity contribution is 0.197. The summed E-state index contributed by atoms with van der Waals surface area (Å²) >= 11 is 0. The van der Waals surface area contributed by atoms with Crippen molar-refractivity contribution in [1.82, 2.24) is 4.90 Å². The second-order valence-electron chi connectivity index (χ2n) is 5.56. The van der Waals surface area contributed by atoms with Crippen molar-refractivity contribution in [1.29, 1.82) is 0 Å². The summed E-state index contributed by atoms with van der Waals surface area (Å²) in [6, 6.07) is 10.6. The molecule has 0 spiro atoms. The van der Waals surface area contributed by atoms with Gasteiger partial charge in [0.2, 0.25) is 0 Å². The Balaban J connectivity index is 1.62. The van der Waals surface area contributed by atoms with E-state index < -0.39 is 0 Å². The van der Waals surface area contributed by atoms with Crippen molar-refractivity contribution in [3.63, 3.8) is 0 Å². The van der Waals surface area contributed by atoms with Crippen LogP contribution in [0, 0.1) is 17.3 Å². The molecule has 1 N–H and O–H groups in total. The van der Waals surface area contributed by atoms with Gasteiger partial charge in [-0.05, 0) is 22.8 Å². The van der Waals surface area contributed by atoms with E-state index in [0.717, 1.165) is 25.6 Å². The normalized spacial score (nSPS) is 37.4. The van der Waals surface area contributed by atoms with Crippen LogP contribution < -0.4 is 0 Å². The molecule has 3 rings (SSSR count). The quantitative estimate of drug-likeness (QED) is 0.833. The number of aliphatic hydroxyl groups is 1. The second-order valence-corrected chi connectivity index (χ2v) is 5.56. The van der Waals surface area contributed by atoms with Crippen LogP contribution in [-0.2, 0) is 6.54 Å². The minimum Gasteiger partial charge on any atom is -0.396 e. The van der Waals surface area contributed by atoms with E-state index in [1.54, 1.807) is 0 Å². The largest absolute Gasteiger partial charge is 0.396 e. The summed E-state index contributed by atoms with van der Waals surface area (Å²) in [4.78, 5) is 2.52. The first-order valence-electron chi connectivity index (χ1n) is 6.11. The van der Waals surface area contributed by atoms with Gasteiger partial charge in [-0.1, -0.05) is 37.3 Å². The van der Waals surface area contributed by atoms with Crippen molar-refractivity contribution in [2.24, 2.45) is 17.3 Å². The average Bonchev–Trinajstić information content (AvgIpc) is 2.67. The van der Waals surface area contributed by atoms with Crippen molar-refractivity contribution in [3.8, 4) is 0 Å². The van der Waals surface area contributed by atoms with E-state index in [2.05, 4.69) is 42.2 Å². The molecule has 2 aliphatic rings. The Morgan fingerprint density at radius 3 is 2.69 bits per heavy atom. The first kappa shape index (κ1) is 10.3. The van der Waals surface area contributed by atoms with E-state index in [4.69, 9.17) is 0 Å². The summed E-state index contributed by atoms with van der Waals surface area (Å²) in [5.74, 6) is 1.31. The van der Waals surface area contributed by atoms with Crippen molar-refractivity contribution in [2.45, 2.75) is 13.5 Å². The van der Waals surface area contributed by atoms with Gasteiger partial charge in [0.25, 0.3) is 0 Å². The number of hydrogen-bond acceptors (Lipinski definition) is 2. The van der Waals surface area contributed by atoms with Gasteiger partial charge in [0.05, 0.1) is 0 Å². The molecule has 1 heterocycles. The number of aliphatic hydroxyl groups excluding tert-OH is 1. The van der Waals surface area contributed by atoms with E-state index in [0.29, 0.717) is 17.9 Å². The predicted molar refractivity (Wildman–Crippen MR) is 63.9 cm³/mol. The van der Waals surface area contributed by atoms with Crippen LogP contribution in [-0.4, -0.2) is 29.7 Å². The Morgan fingerprint density at radius 1 is 1.38 bits per heavy atom. The van der Waals surface area contributed by atoms with Crippen LogP contribution in [0.5, 0.6) is 0 Å². The SMILES string of the molecule is C[C@@]12CN(Cc3ccccc3)C[C@@H]1[C@H]2CO. The molecule has 1 aromatic carbocycles. The topological polar surface area (TPSA) is 23.5 Å². The van der Waals surface area contributed by atoms with Crippen LogP contribution in [0.25, 0.3) is 0 Å². The Hall–Kier alpha value is -0.860. The fraction of sp³-hybridized carbons (Fsp3) is 0.571. The molecule has 0 amide bonds.